The van der Waals surface area contributed by atoms with Crippen molar-refractivity contribution >= 4 is 6.16 Å². The van der Waals surface area contributed by atoms with Crippen LogP contribution in [0.25, 0.3) is 0 Å². The van der Waals surface area contributed by atoms with Crippen molar-refractivity contribution in [3.05, 3.63) is 12.3 Å². The number of carbonyl (C=O) groups is 1. The van der Waals surface area contributed by atoms with E-state index in [-0.39, 0.29) is 12.2 Å². The summed E-state index contributed by atoms with van der Waals surface area (Å²) in [5, 5.41) is 7.91. The first-order valence-corrected chi connectivity index (χ1v) is 2.31. The molecule has 0 rings (SSSR count). The summed E-state index contributed by atoms with van der Waals surface area (Å²) >= 11 is 0. The fourth-order valence-electron chi connectivity index (χ4n) is 0.280. The fourth-order valence-corrected chi connectivity index (χ4v) is 0.280. The van der Waals surface area contributed by atoms with Crippen LogP contribution in [0.2, 0.25) is 0 Å². The van der Waals surface area contributed by atoms with Crippen molar-refractivity contribution in [3.63, 3.8) is 0 Å². The quantitative estimate of drug-likeness (QED) is 0.470. The molecule has 0 aromatic carbocycles. The van der Waals surface area contributed by atoms with Gasteiger partial charge in [-0.15, -0.1) is 0 Å². The molecule has 0 heterocycles. The normalized spacial score (nSPS) is 8.56. The van der Waals surface area contributed by atoms with Crippen molar-refractivity contribution in [2.45, 2.75) is 6.42 Å². The highest BCUT2D eigenvalue weighted by molar-refractivity contribution is 5.58. The number of halogens is 1. The topological polar surface area (TPSA) is 46.5 Å². The zero-order chi connectivity index (χ0) is 7.28. The SMILES string of the molecule is C=C(CCF)OC(=O)O. The van der Waals surface area contributed by atoms with E-state index in [4.69, 9.17) is 5.11 Å². The van der Waals surface area contributed by atoms with E-state index in [1.807, 2.05) is 0 Å². The molecule has 9 heavy (non-hydrogen) atoms. The van der Waals surface area contributed by atoms with E-state index in [0.29, 0.717) is 0 Å². The number of ether oxygens (including phenoxy) is 1. The summed E-state index contributed by atoms with van der Waals surface area (Å²) in [6, 6.07) is 0. The summed E-state index contributed by atoms with van der Waals surface area (Å²) in [6.45, 7) is 2.49. The Hall–Kier alpha value is -1.06. The Balaban J connectivity index is 3.39. The van der Waals surface area contributed by atoms with Gasteiger partial charge in [0, 0.05) is 6.42 Å². The van der Waals surface area contributed by atoms with Crippen molar-refractivity contribution in [1.29, 1.82) is 0 Å². The zero-order valence-corrected chi connectivity index (χ0v) is 4.76. The molecule has 0 atom stereocenters. The third-order valence-electron chi connectivity index (χ3n) is 0.605. The molecular weight excluding hydrogens is 127 g/mol. The van der Waals surface area contributed by atoms with Gasteiger partial charge in [-0.1, -0.05) is 6.58 Å². The molecule has 0 aliphatic rings. The third kappa shape index (κ3) is 4.80. The summed E-state index contributed by atoms with van der Waals surface area (Å²) in [5.41, 5.74) is 0. The monoisotopic (exact) mass is 134 g/mol. The maximum atomic E-state index is 11.4. The first kappa shape index (κ1) is 7.94. The summed E-state index contributed by atoms with van der Waals surface area (Å²) in [6.07, 6.45) is -1.51. The first-order valence-electron chi connectivity index (χ1n) is 2.31. The van der Waals surface area contributed by atoms with Crippen LogP contribution < -0.4 is 0 Å². The average Bonchev–Trinajstić information content (AvgIpc) is 1.63. The minimum atomic E-state index is -1.45. The van der Waals surface area contributed by atoms with Gasteiger partial charge < -0.3 is 9.84 Å². The number of hydrogen-bond donors (Lipinski definition) is 1. The Morgan fingerprint density at radius 2 is 2.33 bits per heavy atom. The molecule has 0 bridgehead atoms. The smallest absolute Gasteiger partial charge is 0.449 e. The van der Waals surface area contributed by atoms with Crippen LogP contribution in [0.1, 0.15) is 6.42 Å². The molecule has 0 unspecified atom stereocenters. The molecular formula is C5H7FO3. The average molecular weight is 134 g/mol. The molecule has 0 aliphatic carbocycles. The van der Waals surface area contributed by atoms with Crippen LogP contribution >= 0.6 is 0 Å². The molecule has 0 amide bonds. The molecule has 0 aromatic rings. The Morgan fingerprint density at radius 1 is 1.78 bits per heavy atom. The van der Waals surface area contributed by atoms with Gasteiger partial charge in [-0.05, 0) is 0 Å². The highest BCUT2D eigenvalue weighted by Crippen LogP contribution is 1.99. The van der Waals surface area contributed by atoms with E-state index in [1.165, 1.54) is 0 Å². The van der Waals surface area contributed by atoms with Crippen LogP contribution in [0.3, 0.4) is 0 Å². The lowest BCUT2D eigenvalue weighted by molar-refractivity contribution is 0.115. The number of rotatable bonds is 3. The van der Waals surface area contributed by atoms with Gasteiger partial charge in [-0.25, -0.2) is 4.79 Å². The lowest BCUT2D eigenvalue weighted by Gasteiger charge is -1.97. The summed E-state index contributed by atoms with van der Waals surface area (Å²) in [7, 11) is 0. The van der Waals surface area contributed by atoms with Crippen LogP contribution in [0.15, 0.2) is 12.3 Å². The predicted octanol–water partition coefficient (Wildman–Crippen LogP) is 1.55. The van der Waals surface area contributed by atoms with Gasteiger partial charge in [0.1, 0.15) is 5.76 Å². The Morgan fingerprint density at radius 3 is 2.67 bits per heavy atom. The van der Waals surface area contributed by atoms with Crippen molar-refractivity contribution < 1.29 is 19.0 Å². The second-order valence-electron chi connectivity index (χ2n) is 1.35. The summed E-state index contributed by atoms with van der Waals surface area (Å²) < 4.78 is 15.3. The zero-order valence-electron chi connectivity index (χ0n) is 4.76. The van der Waals surface area contributed by atoms with E-state index in [1.54, 1.807) is 0 Å². The van der Waals surface area contributed by atoms with Gasteiger partial charge in [0.2, 0.25) is 0 Å². The lowest BCUT2D eigenvalue weighted by Crippen LogP contribution is -1.99. The molecule has 0 saturated carbocycles. The van der Waals surface area contributed by atoms with Crippen LogP contribution in [0.4, 0.5) is 9.18 Å². The molecule has 0 fully saturated rings. The number of alkyl halides is 1. The molecule has 4 heteroatoms. The molecule has 3 nitrogen and oxygen atoms in total. The maximum Gasteiger partial charge on any atom is 0.510 e. The van der Waals surface area contributed by atoms with Gasteiger partial charge in [0.05, 0.1) is 6.67 Å². The summed E-state index contributed by atoms with van der Waals surface area (Å²) in [4.78, 5) is 9.68. The van der Waals surface area contributed by atoms with E-state index in [0.717, 1.165) is 0 Å². The van der Waals surface area contributed by atoms with Gasteiger partial charge in [0.15, 0.2) is 0 Å². The number of hydrogen-bond acceptors (Lipinski definition) is 2. The second kappa shape index (κ2) is 3.88. The first-order chi connectivity index (χ1) is 4.16. The van der Waals surface area contributed by atoms with Crippen LogP contribution in [0, 0.1) is 0 Å². The number of carboxylic acid groups (broad SMARTS) is 1. The molecule has 1 N–H and O–H groups in total. The van der Waals surface area contributed by atoms with Gasteiger partial charge in [0.25, 0.3) is 0 Å². The van der Waals surface area contributed by atoms with E-state index in [2.05, 4.69) is 11.3 Å². The Bertz CT molecular complexity index is 121. The van der Waals surface area contributed by atoms with Crippen molar-refractivity contribution in [1.82, 2.24) is 0 Å². The minimum Gasteiger partial charge on any atom is -0.449 e. The van der Waals surface area contributed by atoms with Gasteiger partial charge in [-0.2, -0.15) is 0 Å². The molecule has 0 radical (unpaired) electrons. The van der Waals surface area contributed by atoms with Crippen molar-refractivity contribution in [2.75, 3.05) is 6.67 Å². The van der Waals surface area contributed by atoms with Crippen LogP contribution in [-0.2, 0) is 4.74 Å². The Labute approximate surface area is 51.7 Å². The minimum absolute atomic E-state index is 0.0632. The largest absolute Gasteiger partial charge is 0.510 e. The molecule has 0 spiro atoms. The van der Waals surface area contributed by atoms with E-state index >= 15 is 0 Å². The molecule has 0 saturated heterocycles. The molecule has 0 aliphatic heterocycles. The molecule has 0 aromatic heterocycles. The highest BCUT2D eigenvalue weighted by atomic mass is 19.1. The summed E-state index contributed by atoms with van der Waals surface area (Å²) in [5.74, 6) is -0.0648. The van der Waals surface area contributed by atoms with E-state index in [9.17, 15) is 9.18 Å². The maximum absolute atomic E-state index is 11.4. The van der Waals surface area contributed by atoms with Gasteiger partial charge >= 0.3 is 6.16 Å². The number of allylic oxidation sites excluding steroid dienone is 1. The van der Waals surface area contributed by atoms with Gasteiger partial charge in [-0.3, -0.25) is 4.39 Å². The standard InChI is InChI=1S/C5H7FO3/c1-4(2-3-6)9-5(7)8/h1-3H2,(H,7,8). The lowest BCUT2D eigenvalue weighted by atomic mass is 10.4. The van der Waals surface area contributed by atoms with Crippen LogP contribution in [0.5, 0.6) is 0 Å². The molecule has 52 valence electrons. The predicted molar refractivity (Wildman–Crippen MR) is 28.8 cm³/mol. The van der Waals surface area contributed by atoms with Crippen LogP contribution in [-0.4, -0.2) is 17.9 Å². The fraction of sp³-hybridized carbons (Fsp3) is 0.400. The third-order valence-corrected chi connectivity index (χ3v) is 0.605. The van der Waals surface area contributed by atoms with E-state index < -0.39 is 12.8 Å². The highest BCUT2D eigenvalue weighted by Gasteiger charge is 1.99. The Kier molecular flexibility index (Phi) is 3.43. The van der Waals surface area contributed by atoms with Crippen molar-refractivity contribution in [3.8, 4) is 0 Å². The second-order valence-corrected chi connectivity index (χ2v) is 1.35. The van der Waals surface area contributed by atoms with Crippen molar-refractivity contribution in [2.24, 2.45) is 0 Å².